The number of likely N-dealkylation sites (N-methyl/N-ethyl adjacent to an activating group) is 1. The Balaban J connectivity index is 1.69. The summed E-state index contributed by atoms with van der Waals surface area (Å²) in [6.45, 7) is 9.16. The summed E-state index contributed by atoms with van der Waals surface area (Å²) in [7, 11) is 2.04. The highest BCUT2D eigenvalue weighted by Gasteiger charge is 2.09. The molecule has 3 aromatic rings. The van der Waals surface area contributed by atoms with Crippen molar-refractivity contribution in [2.24, 2.45) is 17.3 Å². The molecular formula is C19H25N6S+. The third kappa shape index (κ3) is 4.54. The van der Waals surface area contributed by atoms with Crippen LogP contribution in [0.2, 0.25) is 0 Å². The van der Waals surface area contributed by atoms with Crippen LogP contribution in [0.1, 0.15) is 17.4 Å². The Labute approximate surface area is 158 Å². The van der Waals surface area contributed by atoms with Crippen molar-refractivity contribution in [1.82, 2.24) is 9.55 Å². The summed E-state index contributed by atoms with van der Waals surface area (Å²) in [5, 5.41) is 9.30. The number of rotatable bonds is 7. The summed E-state index contributed by atoms with van der Waals surface area (Å²) in [5.41, 5.74) is 3.21. The fourth-order valence-electron chi connectivity index (χ4n) is 2.77. The molecule has 0 N–H and O–H groups in total. The molecular weight excluding hydrogens is 344 g/mol. The number of aromatic nitrogens is 3. The molecule has 0 aliphatic heterocycles. The van der Waals surface area contributed by atoms with Gasteiger partial charge in [-0.3, -0.25) is 0 Å². The molecule has 0 radical (unpaired) electrons. The molecule has 0 saturated heterocycles. The van der Waals surface area contributed by atoms with Crippen molar-refractivity contribution >= 4 is 27.8 Å². The van der Waals surface area contributed by atoms with Gasteiger partial charge in [-0.1, -0.05) is 11.3 Å². The molecule has 0 amide bonds. The number of hydrogen-bond acceptors (Lipinski definition) is 5. The fraction of sp³-hybridized carbons (Fsp3) is 0.368. The standard InChI is InChI=1S/C19H25N6S/c1-5-25(11-10-24-9-8-23(4)14-24)17-6-7-18(15(2)12-17)21-22-19-20-13-16(3)26-19/h6-9,12-14H,5,10-11H2,1-4H3/q+1. The van der Waals surface area contributed by atoms with Crippen molar-refractivity contribution in [2.45, 2.75) is 27.3 Å². The van der Waals surface area contributed by atoms with Crippen molar-refractivity contribution < 1.29 is 4.57 Å². The highest BCUT2D eigenvalue weighted by molar-refractivity contribution is 7.15. The predicted molar refractivity (Wildman–Crippen MR) is 106 cm³/mol. The minimum Gasteiger partial charge on any atom is -0.368 e. The minimum absolute atomic E-state index is 0.695. The van der Waals surface area contributed by atoms with Gasteiger partial charge in [0.1, 0.15) is 18.9 Å². The van der Waals surface area contributed by atoms with Gasteiger partial charge in [0, 0.05) is 23.3 Å². The third-order valence-electron chi connectivity index (χ3n) is 4.23. The number of nitrogens with zero attached hydrogens (tertiary/aromatic N) is 6. The first-order valence-electron chi connectivity index (χ1n) is 8.76. The molecule has 26 heavy (non-hydrogen) atoms. The van der Waals surface area contributed by atoms with Gasteiger partial charge in [0.05, 0.1) is 19.3 Å². The van der Waals surface area contributed by atoms with Crippen LogP contribution < -0.4 is 9.47 Å². The van der Waals surface area contributed by atoms with E-state index in [4.69, 9.17) is 0 Å². The molecule has 7 heteroatoms. The predicted octanol–water partition coefficient (Wildman–Crippen LogP) is 4.33. The monoisotopic (exact) mass is 369 g/mol. The van der Waals surface area contributed by atoms with Crippen LogP contribution in [0, 0.1) is 13.8 Å². The molecule has 0 fully saturated rings. The number of anilines is 1. The van der Waals surface area contributed by atoms with Crippen LogP contribution in [0.15, 0.2) is 53.3 Å². The van der Waals surface area contributed by atoms with Gasteiger partial charge < -0.3 is 4.90 Å². The van der Waals surface area contributed by atoms with Gasteiger partial charge >= 0.3 is 0 Å². The highest BCUT2D eigenvalue weighted by Crippen LogP contribution is 2.28. The third-order valence-corrected chi connectivity index (χ3v) is 5.03. The fourth-order valence-corrected chi connectivity index (χ4v) is 3.35. The number of imidazole rings is 1. The van der Waals surface area contributed by atoms with Gasteiger partial charge in [0.15, 0.2) is 0 Å². The number of aryl methyl sites for hydroxylation is 3. The molecule has 0 saturated carbocycles. The van der Waals surface area contributed by atoms with Crippen molar-refractivity contribution in [1.29, 1.82) is 0 Å². The van der Waals surface area contributed by atoms with Crippen LogP contribution in [0.25, 0.3) is 0 Å². The molecule has 3 rings (SSSR count). The largest absolute Gasteiger partial charge is 0.368 e. The second-order valence-electron chi connectivity index (χ2n) is 6.32. The van der Waals surface area contributed by atoms with E-state index in [1.165, 1.54) is 5.69 Å². The SMILES string of the molecule is CCN(CCn1cc[n+](C)c1)c1ccc(N=Nc2ncc(C)s2)c(C)c1. The van der Waals surface area contributed by atoms with E-state index in [-0.39, 0.29) is 0 Å². The van der Waals surface area contributed by atoms with Crippen molar-refractivity contribution in [2.75, 3.05) is 18.0 Å². The van der Waals surface area contributed by atoms with E-state index in [0.717, 1.165) is 35.8 Å². The summed E-state index contributed by atoms with van der Waals surface area (Å²) in [6, 6.07) is 6.33. The quantitative estimate of drug-likeness (QED) is 0.460. The number of benzene rings is 1. The average molecular weight is 370 g/mol. The van der Waals surface area contributed by atoms with E-state index in [2.05, 4.69) is 73.9 Å². The number of thiazole rings is 1. The lowest BCUT2D eigenvalue weighted by molar-refractivity contribution is -0.671. The molecule has 0 bridgehead atoms. The van der Waals surface area contributed by atoms with Crippen molar-refractivity contribution in [3.05, 3.63) is 53.6 Å². The molecule has 0 aliphatic carbocycles. The van der Waals surface area contributed by atoms with Crippen molar-refractivity contribution in [3.8, 4) is 0 Å². The minimum atomic E-state index is 0.695. The van der Waals surface area contributed by atoms with Gasteiger partial charge in [-0.25, -0.2) is 14.1 Å². The van der Waals surface area contributed by atoms with Crippen LogP contribution in [0.5, 0.6) is 0 Å². The summed E-state index contributed by atoms with van der Waals surface area (Å²) >= 11 is 1.55. The molecule has 2 aromatic heterocycles. The van der Waals surface area contributed by atoms with E-state index in [9.17, 15) is 0 Å². The van der Waals surface area contributed by atoms with E-state index in [1.54, 1.807) is 11.3 Å². The van der Waals surface area contributed by atoms with Crippen LogP contribution >= 0.6 is 11.3 Å². The Kier molecular flexibility index (Phi) is 5.78. The first-order valence-corrected chi connectivity index (χ1v) is 9.57. The van der Waals surface area contributed by atoms with E-state index >= 15 is 0 Å². The van der Waals surface area contributed by atoms with E-state index < -0.39 is 0 Å². The maximum atomic E-state index is 4.36. The summed E-state index contributed by atoms with van der Waals surface area (Å²) in [6.07, 6.45) is 8.08. The van der Waals surface area contributed by atoms with Gasteiger partial charge in [-0.15, -0.1) is 10.2 Å². The molecule has 6 nitrogen and oxygen atoms in total. The normalized spacial score (nSPS) is 11.4. The Morgan fingerprint density at radius 3 is 2.73 bits per heavy atom. The lowest BCUT2D eigenvalue weighted by Crippen LogP contribution is -2.28. The first kappa shape index (κ1) is 18.3. The second-order valence-corrected chi connectivity index (χ2v) is 7.53. The van der Waals surface area contributed by atoms with E-state index in [1.807, 2.05) is 26.2 Å². The number of azo groups is 1. The molecule has 1 aromatic carbocycles. The molecule has 0 aliphatic rings. The molecule has 2 heterocycles. The first-order chi connectivity index (χ1) is 12.5. The zero-order chi connectivity index (χ0) is 18.5. The summed E-state index contributed by atoms with van der Waals surface area (Å²) in [5.74, 6) is 0. The van der Waals surface area contributed by atoms with Crippen LogP contribution in [-0.4, -0.2) is 22.6 Å². The highest BCUT2D eigenvalue weighted by atomic mass is 32.1. The van der Waals surface area contributed by atoms with Gasteiger partial charge in [-0.05, 0) is 44.5 Å². The second kappa shape index (κ2) is 8.23. The van der Waals surface area contributed by atoms with E-state index in [0.29, 0.717) is 5.13 Å². The number of hydrogen-bond donors (Lipinski definition) is 0. The molecule has 0 unspecified atom stereocenters. The zero-order valence-corrected chi connectivity index (χ0v) is 16.6. The average Bonchev–Trinajstić information content (AvgIpc) is 3.23. The zero-order valence-electron chi connectivity index (χ0n) is 15.8. The Hall–Kier alpha value is -2.54. The lowest BCUT2D eigenvalue weighted by atomic mass is 10.1. The molecule has 0 atom stereocenters. The Bertz CT molecular complexity index is 895. The van der Waals surface area contributed by atoms with Crippen LogP contribution in [0.4, 0.5) is 16.5 Å². The van der Waals surface area contributed by atoms with Gasteiger partial charge in [-0.2, -0.15) is 0 Å². The van der Waals surface area contributed by atoms with Crippen molar-refractivity contribution in [3.63, 3.8) is 0 Å². The maximum absolute atomic E-state index is 4.36. The Morgan fingerprint density at radius 1 is 1.27 bits per heavy atom. The summed E-state index contributed by atoms with van der Waals surface area (Å²) in [4.78, 5) is 7.73. The van der Waals surface area contributed by atoms with Crippen LogP contribution in [-0.2, 0) is 13.6 Å². The smallest absolute Gasteiger partial charge is 0.243 e. The lowest BCUT2D eigenvalue weighted by Gasteiger charge is -2.22. The van der Waals surface area contributed by atoms with Gasteiger partial charge in [0.2, 0.25) is 11.5 Å². The molecule has 136 valence electrons. The topological polar surface area (TPSA) is 49.7 Å². The Morgan fingerprint density at radius 2 is 2.12 bits per heavy atom. The maximum Gasteiger partial charge on any atom is 0.243 e. The van der Waals surface area contributed by atoms with Crippen LogP contribution in [0.3, 0.4) is 0 Å². The summed E-state index contributed by atoms with van der Waals surface area (Å²) < 4.78 is 4.26. The van der Waals surface area contributed by atoms with Gasteiger partial charge in [0.25, 0.3) is 0 Å². The molecule has 0 spiro atoms.